The Kier molecular flexibility index (Phi) is 4.08. The number of amides is 1. The molecule has 0 saturated carbocycles. The van der Waals surface area contributed by atoms with Crippen LogP contribution >= 0.6 is 22.9 Å². The maximum Gasteiger partial charge on any atom is 0.297 e. The van der Waals surface area contributed by atoms with Crippen LogP contribution in [0.4, 0.5) is 5.13 Å². The van der Waals surface area contributed by atoms with Gasteiger partial charge in [0.15, 0.2) is 10.6 Å². The van der Waals surface area contributed by atoms with Gasteiger partial charge in [-0.3, -0.25) is 14.5 Å². The van der Waals surface area contributed by atoms with Crippen LogP contribution in [-0.2, 0) is 0 Å². The number of carbonyl (C=O) groups excluding carboxylic acids is 1. The van der Waals surface area contributed by atoms with E-state index in [1.165, 1.54) is 16.2 Å². The summed E-state index contributed by atoms with van der Waals surface area (Å²) in [5, 5.41) is 3.36. The summed E-state index contributed by atoms with van der Waals surface area (Å²) in [6.07, 6.45) is 1.63. The molecule has 1 amide bonds. The smallest absolute Gasteiger partial charge is 0.297 e. The topological polar surface area (TPSA) is 63.4 Å². The molecular formula is C22H15ClN2O3S. The Morgan fingerprint density at radius 2 is 1.83 bits per heavy atom. The van der Waals surface area contributed by atoms with Gasteiger partial charge in [0.2, 0.25) is 5.76 Å². The fraction of sp³-hybridized carbons (Fsp3) is 0.136. The Morgan fingerprint density at radius 1 is 1.10 bits per heavy atom. The summed E-state index contributed by atoms with van der Waals surface area (Å²) in [6.45, 7) is 3.90. The third-order valence-electron chi connectivity index (χ3n) is 5.30. The number of halogens is 1. The van der Waals surface area contributed by atoms with Gasteiger partial charge in [-0.15, -0.1) is 11.3 Å². The zero-order chi connectivity index (χ0) is 20.3. The highest BCUT2D eigenvalue weighted by Crippen LogP contribution is 2.42. The van der Waals surface area contributed by atoms with Crippen molar-refractivity contribution in [3.8, 4) is 0 Å². The van der Waals surface area contributed by atoms with E-state index in [1.807, 2.05) is 38.1 Å². The molecular weight excluding hydrogens is 408 g/mol. The Balaban J connectivity index is 1.84. The van der Waals surface area contributed by atoms with E-state index < -0.39 is 6.04 Å². The van der Waals surface area contributed by atoms with Crippen molar-refractivity contribution in [3.05, 3.63) is 91.2 Å². The van der Waals surface area contributed by atoms with Crippen LogP contribution < -0.4 is 10.3 Å². The monoisotopic (exact) mass is 422 g/mol. The molecule has 5 nitrogen and oxygen atoms in total. The van der Waals surface area contributed by atoms with Gasteiger partial charge in [-0.1, -0.05) is 23.7 Å². The molecule has 0 N–H and O–H groups in total. The number of anilines is 1. The van der Waals surface area contributed by atoms with Gasteiger partial charge in [0.1, 0.15) is 5.58 Å². The number of thiazole rings is 1. The van der Waals surface area contributed by atoms with Gasteiger partial charge in [-0.2, -0.15) is 0 Å². The maximum atomic E-state index is 13.5. The maximum absolute atomic E-state index is 13.5. The van der Waals surface area contributed by atoms with Crippen LogP contribution in [0.25, 0.3) is 11.0 Å². The molecule has 7 heteroatoms. The van der Waals surface area contributed by atoms with Crippen LogP contribution in [0, 0.1) is 13.8 Å². The average molecular weight is 423 g/mol. The number of nitrogens with zero attached hydrogens (tertiary/aromatic N) is 2. The van der Waals surface area contributed by atoms with E-state index in [0.717, 1.165) is 16.7 Å². The Labute approximate surface area is 175 Å². The van der Waals surface area contributed by atoms with E-state index in [-0.39, 0.29) is 17.1 Å². The normalized spacial score (nSPS) is 15.9. The van der Waals surface area contributed by atoms with Crippen molar-refractivity contribution in [2.24, 2.45) is 0 Å². The highest BCUT2D eigenvalue weighted by molar-refractivity contribution is 7.13. The van der Waals surface area contributed by atoms with Crippen molar-refractivity contribution >= 4 is 44.9 Å². The molecule has 0 fully saturated rings. The quantitative estimate of drug-likeness (QED) is 0.441. The minimum atomic E-state index is -0.622. The van der Waals surface area contributed by atoms with E-state index in [0.29, 0.717) is 26.7 Å². The Morgan fingerprint density at radius 3 is 2.52 bits per heavy atom. The molecule has 0 bridgehead atoms. The Bertz CT molecular complexity index is 1330. The largest absolute Gasteiger partial charge is 0.450 e. The van der Waals surface area contributed by atoms with E-state index >= 15 is 0 Å². The van der Waals surface area contributed by atoms with Gasteiger partial charge < -0.3 is 4.42 Å². The summed E-state index contributed by atoms with van der Waals surface area (Å²) >= 11 is 7.39. The molecule has 4 aromatic rings. The number of aromatic nitrogens is 1. The lowest BCUT2D eigenvalue weighted by molar-refractivity contribution is 0.0971. The van der Waals surface area contributed by atoms with Crippen LogP contribution in [0.1, 0.15) is 38.9 Å². The standard InChI is InChI=1S/C22H15ClN2O3S/c1-11-9-15-16(10-12(11)2)28-20-17(19(15)26)18(13-3-5-14(23)6-4-13)25(21(20)27)22-24-7-8-29-22/h3-10,18H,1-2H3. The Hall–Kier alpha value is -2.96. The molecule has 29 heavy (non-hydrogen) atoms. The molecule has 2 aromatic carbocycles. The van der Waals surface area contributed by atoms with Crippen molar-refractivity contribution in [2.45, 2.75) is 19.9 Å². The molecule has 0 spiro atoms. The second kappa shape index (κ2) is 6.54. The van der Waals surface area contributed by atoms with Gasteiger partial charge in [0, 0.05) is 16.6 Å². The van der Waals surface area contributed by atoms with Crippen molar-refractivity contribution < 1.29 is 9.21 Å². The third-order valence-corrected chi connectivity index (χ3v) is 6.32. The lowest BCUT2D eigenvalue weighted by Crippen LogP contribution is -2.29. The molecule has 0 saturated heterocycles. The first-order valence-electron chi connectivity index (χ1n) is 9.02. The minimum Gasteiger partial charge on any atom is -0.450 e. The summed E-state index contributed by atoms with van der Waals surface area (Å²) < 4.78 is 6.00. The molecule has 144 valence electrons. The number of carbonyl (C=O) groups is 1. The second-order valence-corrected chi connectivity index (χ2v) is 8.36. The third kappa shape index (κ3) is 2.71. The summed E-state index contributed by atoms with van der Waals surface area (Å²) in [7, 11) is 0. The van der Waals surface area contributed by atoms with Crippen LogP contribution in [-0.4, -0.2) is 10.9 Å². The van der Waals surface area contributed by atoms with E-state index in [9.17, 15) is 9.59 Å². The van der Waals surface area contributed by atoms with E-state index in [1.54, 1.807) is 23.7 Å². The predicted octanol–water partition coefficient (Wildman–Crippen LogP) is 5.27. The predicted molar refractivity (Wildman–Crippen MR) is 114 cm³/mol. The van der Waals surface area contributed by atoms with Crippen LogP contribution in [0.15, 0.2) is 57.2 Å². The van der Waals surface area contributed by atoms with Crippen LogP contribution in [0.2, 0.25) is 5.02 Å². The molecule has 5 rings (SSSR count). The summed E-state index contributed by atoms with van der Waals surface area (Å²) in [5.74, 6) is -0.298. The van der Waals surface area contributed by atoms with E-state index in [2.05, 4.69) is 4.98 Å². The second-order valence-electron chi connectivity index (χ2n) is 7.05. The number of hydrogen-bond acceptors (Lipinski definition) is 5. The molecule has 0 aliphatic carbocycles. The number of hydrogen-bond donors (Lipinski definition) is 0. The van der Waals surface area contributed by atoms with Gasteiger partial charge in [0.25, 0.3) is 5.91 Å². The van der Waals surface area contributed by atoms with Crippen LogP contribution in [0.3, 0.4) is 0 Å². The van der Waals surface area contributed by atoms with Gasteiger partial charge in [-0.05, 0) is 54.8 Å². The van der Waals surface area contributed by atoms with Crippen molar-refractivity contribution in [1.82, 2.24) is 4.98 Å². The molecule has 1 unspecified atom stereocenters. The fourth-order valence-corrected chi connectivity index (χ4v) is 4.51. The summed E-state index contributed by atoms with van der Waals surface area (Å²) in [5.41, 5.74) is 3.32. The molecule has 2 aromatic heterocycles. The minimum absolute atomic E-state index is 0.0703. The van der Waals surface area contributed by atoms with Crippen molar-refractivity contribution in [2.75, 3.05) is 4.90 Å². The van der Waals surface area contributed by atoms with E-state index in [4.69, 9.17) is 16.0 Å². The lowest BCUT2D eigenvalue weighted by Gasteiger charge is -2.22. The van der Waals surface area contributed by atoms with Crippen LogP contribution in [0.5, 0.6) is 0 Å². The highest BCUT2D eigenvalue weighted by Gasteiger charge is 2.44. The molecule has 1 aliphatic rings. The molecule has 3 heterocycles. The zero-order valence-electron chi connectivity index (χ0n) is 15.6. The number of rotatable bonds is 2. The first-order valence-corrected chi connectivity index (χ1v) is 10.3. The van der Waals surface area contributed by atoms with Gasteiger partial charge in [0.05, 0.1) is 17.0 Å². The lowest BCUT2D eigenvalue weighted by atomic mass is 9.97. The number of fused-ring (bicyclic) bond motifs is 2. The number of aryl methyl sites for hydroxylation is 2. The van der Waals surface area contributed by atoms with Crippen molar-refractivity contribution in [1.29, 1.82) is 0 Å². The highest BCUT2D eigenvalue weighted by atomic mass is 35.5. The fourth-order valence-electron chi connectivity index (χ4n) is 3.72. The summed E-state index contributed by atoms with van der Waals surface area (Å²) in [4.78, 5) is 32.7. The first kappa shape index (κ1) is 18.1. The van der Waals surface area contributed by atoms with Gasteiger partial charge >= 0.3 is 0 Å². The first-order chi connectivity index (χ1) is 14.0. The summed E-state index contributed by atoms with van der Waals surface area (Å²) in [6, 6.07) is 10.1. The van der Waals surface area contributed by atoms with Gasteiger partial charge in [-0.25, -0.2) is 4.98 Å². The molecule has 1 atom stereocenters. The average Bonchev–Trinajstić information content (AvgIpc) is 3.31. The SMILES string of the molecule is Cc1cc2oc3c(c(=O)c2cc1C)C(c1ccc(Cl)cc1)N(c1nccs1)C3=O. The zero-order valence-corrected chi connectivity index (χ0v) is 17.2. The van der Waals surface area contributed by atoms with Crippen molar-refractivity contribution in [3.63, 3.8) is 0 Å². The molecule has 1 aliphatic heterocycles. The molecule has 0 radical (unpaired) electrons. The number of benzene rings is 2.